The van der Waals surface area contributed by atoms with Gasteiger partial charge in [-0.05, 0) is 55.8 Å². The molecule has 3 aromatic rings. The normalized spacial score (nSPS) is 12.7. The van der Waals surface area contributed by atoms with Gasteiger partial charge >= 0.3 is 5.97 Å². The molecular formula is C22H20FN3O4. The minimum absolute atomic E-state index is 0.0241. The second-order valence-electron chi connectivity index (χ2n) is 6.83. The number of nitrogens with zero attached hydrogens (tertiary/aromatic N) is 2. The molecule has 0 unspecified atom stereocenters. The Bertz CT molecular complexity index is 1120. The standard InChI is InChI=1S/C22H20FN3O4/c1-3-29-20(28)11-26-22(14-4-7-16(23)8-5-14)21(13(2)25-26)15-6-9-18-17(10-15)24-19(27)12-30-18/h4-10H,3,11-12H2,1-2H3,(H,24,27). The highest BCUT2D eigenvalue weighted by molar-refractivity contribution is 5.97. The average Bonchev–Trinajstić information content (AvgIpc) is 3.03. The molecular weight excluding hydrogens is 389 g/mol. The number of nitrogens with one attached hydrogen (secondary N) is 1. The lowest BCUT2D eigenvalue weighted by atomic mass is 9.98. The van der Waals surface area contributed by atoms with E-state index in [0.29, 0.717) is 28.4 Å². The van der Waals surface area contributed by atoms with Crippen molar-refractivity contribution in [2.45, 2.75) is 20.4 Å². The van der Waals surface area contributed by atoms with Crippen LogP contribution < -0.4 is 10.1 Å². The van der Waals surface area contributed by atoms with Crippen LogP contribution in [0.2, 0.25) is 0 Å². The fraction of sp³-hybridized carbons (Fsp3) is 0.227. The number of aromatic nitrogens is 2. The Morgan fingerprint density at radius 2 is 1.97 bits per heavy atom. The van der Waals surface area contributed by atoms with Crippen molar-refractivity contribution in [3.8, 4) is 28.1 Å². The number of halogens is 1. The number of aryl methyl sites for hydroxylation is 1. The highest BCUT2D eigenvalue weighted by atomic mass is 19.1. The minimum atomic E-state index is -0.416. The number of amides is 1. The van der Waals surface area contributed by atoms with Gasteiger partial charge in [0, 0.05) is 11.1 Å². The van der Waals surface area contributed by atoms with E-state index in [9.17, 15) is 14.0 Å². The number of benzene rings is 2. The monoisotopic (exact) mass is 409 g/mol. The third kappa shape index (κ3) is 3.76. The van der Waals surface area contributed by atoms with Crippen molar-refractivity contribution in [3.05, 3.63) is 54.0 Å². The molecule has 0 aliphatic carbocycles. The molecule has 0 atom stereocenters. The summed E-state index contributed by atoms with van der Waals surface area (Å²) in [5.74, 6) is -0.422. The molecule has 0 spiro atoms. The predicted octanol–water partition coefficient (Wildman–Crippen LogP) is 3.56. The van der Waals surface area contributed by atoms with Gasteiger partial charge in [0.15, 0.2) is 6.61 Å². The van der Waals surface area contributed by atoms with E-state index in [2.05, 4.69) is 10.4 Å². The molecule has 0 saturated heterocycles. The molecule has 2 heterocycles. The third-order valence-electron chi connectivity index (χ3n) is 4.73. The summed E-state index contributed by atoms with van der Waals surface area (Å²) in [5.41, 5.74) is 4.16. The molecule has 0 bridgehead atoms. The number of esters is 1. The van der Waals surface area contributed by atoms with E-state index in [-0.39, 0.29) is 31.5 Å². The van der Waals surface area contributed by atoms with E-state index < -0.39 is 5.97 Å². The van der Waals surface area contributed by atoms with Crippen LogP contribution in [0, 0.1) is 12.7 Å². The molecule has 30 heavy (non-hydrogen) atoms. The molecule has 8 heteroatoms. The molecule has 0 radical (unpaired) electrons. The summed E-state index contributed by atoms with van der Waals surface area (Å²) in [6, 6.07) is 11.4. The summed E-state index contributed by atoms with van der Waals surface area (Å²) in [6.45, 7) is 3.73. The molecule has 4 rings (SSSR count). The van der Waals surface area contributed by atoms with Crippen molar-refractivity contribution < 1.29 is 23.5 Å². The quantitative estimate of drug-likeness (QED) is 0.652. The van der Waals surface area contributed by atoms with Gasteiger partial charge in [0.1, 0.15) is 18.1 Å². The van der Waals surface area contributed by atoms with Crippen LogP contribution in [0.25, 0.3) is 22.4 Å². The van der Waals surface area contributed by atoms with Crippen LogP contribution in [-0.2, 0) is 20.9 Å². The van der Waals surface area contributed by atoms with E-state index in [1.165, 1.54) is 12.1 Å². The lowest BCUT2D eigenvalue weighted by molar-refractivity contribution is -0.144. The Morgan fingerprint density at radius 1 is 1.23 bits per heavy atom. The van der Waals surface area contributed by atoms with Crippen LogP contribution in [0.15, 0.2) is 42.5 Å². The molecule has 2 aromatic carbocycles. The Balaban J connectivity index is 1.86. The SMILES string of the molecule is CCOC(=O)Cn1nc(C)c(-c2ccc3c(c2)NC(=O)CO3)c1-c1ccc(F)cc1. The number of anilines is 1. The van der Waals surface area contributed by atoms with E-state index in [1.807, 2.05) is 13.0 Å². The lowest BCUT2D eigenvalue weighted by Crippen LogP contribution is -2.25. The summed E-state index contributed by atoms with van der Waals surface area (Å²) in [6.07, 6.45) is 0. The van der Waals surface area contributed by atoms with Gasteiger partial charge in [0.25, 0.3) is 5.91 Å². The smallest absolute Gasteiger partial charge is 0.327 e. The van der Waals surface area contributed by atoms with Gasteiger partial charge in [-0.25, -0.2) is 4.39 Å². The highest BCUT2D eigenvalue weighted by Gasteiger charge is 2.23. The molecule has 1 aliphatic heterocycles. The van der Waals surface area contributed by atoms with Crippen molar-refractivity contribution in [2.75, 3.05) is 18.5 Å². The van der Waals surface area contributed by atoms with Crippen LogP contribution >= 0.6 is 0 Å². The zero-order valence-electron chi connectivity index (χ0n) is 16.6. The number of fused-ring (bicyclic) bond motifs is 1. The fourth-order valence-electron chi connectivity index (χ4n) is 3.51. The highest BCUT2D eigenvalue weighted by Crippen LogP contribution is 2.39. The van der Waals surface area contributed by atoms with Crippen LogP contribution in [-0.4, -0.2) is 34.9 Å². The summed E-state index contributed by atoms with van der Waals surface area (Å²) in [4.78, 5) is 23.8. The van der Waals surface area contributed by atoms with Gasteiger partial charge in [0.05, 0.1) is 23.7 Å². The van der Waals surface area contributed by atoms with Gasteiger partial charge in [0.2, 0.25) is 0 Å². The molecule has 154 valence electrons. The van der Waals surface area contributed by atoms with Crippen molar-refractivity contribution in [1.29, 1.82) is 0 Å². The van der Waals surface area contributed by atoms with E-state index in [0.717, 1.165) is 11.1 Å². The molecule has 7 nitrogen and oxygen atoms in total. The van der Waals surface area contributed by atoms with Gasteiger partial charge in [-0.1, -0.05) is 6.07 Å². The predicted molar refractivity (Wildman–Crippen MR) is 109 cm³/mol. The Morgan fingerprint density at radius 3 is 2.70 bits per heavy atom. The topological polar surface area (TPSA) is 82.5 Å². The van der Waals surface area contributed by atoms with E-state index in [4.69, 9.17) is 9.47 Å². The van der Waals surface area contributed by atoms with E-state index in [1.54, 1.807) is 35.9 Å². The fourth-order valence-corrected chi connectivity index (χ4v) is 3.51. The summed E-state index contributed by atoms with van der Waals surface area (Å²) in [5, 5.41) is 7.34. The number of ether oxygens (including phenoxy) is 2. The Hall–Kier alpha value is -3.68. The first kappa shape index (κ1) is 19.6. The maximum Gasteiger partial charge on any atom is 0.327 e. The number of carbonyl (C=O) groups is 2. The van der Waals surface area contributed by atoms with E-state index >= 15 is 0 Å². The summed E-state index contributed by atoms with van der Waals surface area (Å²) < 4.78 is 25.6. The van der Waals surface area contributed by atoms with Crippen LogP contribution in [0.4, 0.5) is 10.1 Å². The molecule has 0 fully saturated rings. The van der Waals surface area contributed by atoms with Crippen LogP contribution in [0.3, 0.4) is 0 Å². The molecule has 1 aliphatic rings. The average molecular weight is 409 g/mol. The second kappa shape index (κ2) is 7.98. The van der Waals surface area contributed by atoms with Crippen molar-refractivity contribution >= 4 is 17.6 Å². The minimum Gasteiger partial charge on any atom is -0.482 e. The van der Waals surface area contributed by atoms with Crippen molar-refractivity contribution in [2.24, 2.45) is 0 Å². The largest absolute Gasteiger partial charge is 0.482 e. The van der Waals surface area contributed by atoms with Crippen LogP contribution in [0.1, 0.15) is 12.6 Å². The number of hydrogen-bond acceptors (Lipinski definition) is 5. The first-order valence-corrected chi connectivity index (χ1v) is 9.52. The van der Waals surface area contributed by atoms with Crippen LogP contribution in [0.5, 0.6) is 5.75 Å². The lowest BCUT2D eigenvalue weighted by Gasteiger charge is -2.19. The number of rotatable bonds is 5. The summed E-state index contributed by atoms with van der Waals surface area (Å²) in [7, 11) is 0. The Kier molecular flexibility index (Phi) is 5.22. The Labute approximate surface area is 172 Å². The summed E-state index contributed by atoms with van der Waals surface area (Å²) >= 11 is 0. The molecule has 1 N–H and O–H groups in total. The molecule has 1 amide bonds. The third-order valence-corrected chi connectivity index (χ3v) is 4.73. The van der Waals surface area contributed by atoms with Gasteiger partial charge in [-0.3, -0.25) is 14.3 Å². The van der Waals surface area contributed by atoms with Gasteiger partial charge in [-0.2, -0.15) is 5.10 Å². The zero-order valence-corrected chi connectivity index (χ0v) is 16.6. The number of carbonyl (C=O) groups excluding carboxylic acids is 2. The van der Waals surface area contributed by atoms with Crippen molar-refractivity contribution in [1.82, 2.24) is 9.78 Å². The van der Waals surface area contributed by atoms with Crippen molar-refractivity contribution in [3.63, 3.8) is 0 Å². The number of hydrogen-bond donors (Lipinski definition) is 1. The maximum atomic E-state index is 13.5. The zero-order chi connectivity index (χ0) is 21.3. The molecule has 0 saturated carbocycles. The van der Waals surface area contributed by atoms with Gasteiger partial charge in [-0.15, -0.1) is 0 Å². The maximum absolute atomic E-state index is 13.5. The first-order chi connectivity index (χ1) is 14.5. The second-order valence-corrected chi connectivity index (χ2v) is 6.83. The van der Waals surface area contributed by atoms with Gasteiger partial charge < -0.3 is 14.8 Å². The molecule has 1 aromatic heterocycles. The first-order valence-electron chi connectivity index (χ1n) is 9.52.